The lowest BCUT2D eigenvalue weighted by Crippen LogP contribution is -2.77. The Morgan fingerprint density at radius 1 is 0.700 bits per heavy atom. The number of nitrogens with zero attached hydrogens (tertiary/aromatic N) is 2. The van der Waals surface area contributed by atoms with Gasteiger partial charge in [0.15, 0.2) is 0 Å². The van der Waals surface area contributed by atoms with Crippen LogP contribution in [0.3, 0.4) is 0 Å². The van der Waals surface area contributed by atoms with Crippen molar-refractivity contribution in [3.63, 3.8) is 0 Å². The fourth-order valence-corrected chi connectivity index (χ4v) is 12.6. The molecule has 3 aliphatic heterocycles. The van der Waals surface area contributed by atoms with Crippen LogP contribution in [0, 0.1) is 35.5 Å². The maximum atomic E-state index is 3.34. The standard InChI is InChI=1S/C27H44N2S/c1-16-19-8-4-3-7-18(19)15-21-24(16)27-25-17(13-14-28(27)2)11-12-23-26(25)29(21)20-9-5-6-10-22(20)30-23/h16-27H,3-15H2,1-2H3. The summed E-state index contributed by atoms with van der Waals surface area (Å²) in [5.41, 5.74) is 0. The zero-order valence-electron chi connectivity index (χ0n) is 19.4. The quantitative estimate of drug-likeness (QED) is 0.492. The molecule has 0 spiro atoms. The van der Waals surface area contributed by atoms with Crippen molar-refractivity contribution in [3.05, 3.63) is 0 Å². The smallest absolute Gasteiger partial charge is 0.0267 e. The van der Waals surface area contributed by atoms with Gasteiger partial charge in [0.05, 0.1) is 0 Å². The molecule has 0 aromatic rings. The van der Waals surface area contributed by atoms with Crippen molar-refractivity contribution in [2.24, 2.45) is 35.5 Å². The first-order valence-electron chi connectivity index (χ1n) is 13.9. The van der Waals surface area contributed by atoms with E-state index in [0.717, 1.165) is 70.2 Å². The second kappa shape index (κ2) is 7.39. The largest absolute Gasteiger partial charge is 0.303 e. The molecular formula is C27H44N2S. The first-order valence-corrected chi connectivity index (χ1v) is 14.8. The zero-order valence-corrected chi connectivity index (χ0v) is 20.2. The molecule has 0 aromatic heterocycles. The van der Waals surface area contributed by atoms with Crippen LogP contribution in [0.1, 0.15) is 84.0 Å². The Morgan fingerprint density at radius 3 is 2.47 bits per heavy atom. The number of fused-ring (bicyclic) bond motifs is 6. The number of likely N-dealkylation sites (tertiary alicyclic amines) is 1. The first-order chi connectivity index (χ1) is 14.7. The Labute approximate surface area is 189 Å². The van der Waals surface area contributed by atoms with Crippen LogP contribution < -0.4 is 0 Å². The third kappa shape index (κ3) is 2.70. The zero-order chi connectivity index (χ0) is 20.0. The number of rotatable bonds is 0. The highest BCUT2D eigenvalue weighted by molar-refractivity contribution is 8.00. The highest BCUT2D eigenvalue weighted by atomic mass is 32.2. The molecule has 168 valence electrons. The van der Waals surface area contributed by atoms with Crippen LogP contribution in [-0.2, 0) is 0 Å². The third-order valence-electron chi connectivity index (χ3n) is 11.7. The van der Waals surface area contributed by atoms with Crippen LogP contribution in [0.4, 0.5) is 0 Å². The molecule has 7 rings (SSSR count). The molecular weight excluding hydrogens is 384 g/mol. The lowest BCUT2D eigenvalue weighted by molar-refractivity contribution is -0.180. The van der Waals surface area contributed by atoms with E-state index in [1.165, 1.54) is 57.9 Å². The van der Waals surface area contributed by atoms with E-state index in [9.17, 15) is 0 Å². The molecule has 3 saturated heterocycles. The molecule has 0 aromatic carbocycles. The minimum Gasteiger partial charge on any atom is -0.303 e. The fourth-order valence-electron chi connectivity index (χ4n) is 10.7. The fraction of sp³-hybridized carbons (Fsp3) is 1.00. The molecule has 7 aliphatic rings. The minimum absolute atomic E-state index is 0.899. The van der Waals surface area contributed by atoms with E-state index in [1.54, 1.807) is 25.7 Å². The third-order valence-corrected chi connectivity index (χ3v) is 13.4. The van der Waals surface area contributed by atoms with Crippen molar-refractivity contribution in [1.29, 1.82) is 0 Å². The molecule has 12 atom stereocenters. The monoisotopic (exact) mass is 428 g/mol. The summed E-state index contributed by atoms with van der Waals surface area (Å²) in [6.07, 6.45) is 18.3. The van der Waals surface area contributed by atoms with Crippen molar-refractivity contribution in [2.75, 3.05) is 13.6 Å². The molecule has 4 aliphatic carbocycles. The molecule has 0 N–H and O–H groups in total. The van der Waals surface area contributed by atoms with Gasteiger partial charge in [-0.2, -0.15) is 11.8 Å². The number of thioether (sulfide) groups is 1. The van der Waals surface area contributed by atoms with E-state index in [-0.39, 0.29) is 0 Å². The van der Waals surface area contributed by atoms with Crippen LogP contribution in [0.5, 0.6) is 0 Å². The van der Waals surface area contributed by atoms with Crippen LogP contribution in [-0.4, -0.2) is 58.1 Å². The second-order valence-electron chi connectivity index (χ2n) is 12.6. The summed E-state index contributed by atoms with van der Waals surface area (Å²) in [6, 6.07) is 3.67. The Bertz CT molecular complexity index is 667. The summed E-state index contributed by atoms with van der Waals surface area (Å²) >= 11 is 2.50. The second-order valence-corrected chi connectivity index (χ2v) is 14.1. The van der Waals surface area contributed by atoms with Gasteiger partial charge in [-0.3, -0.25) is 4.90 Å². The van der Waals surface area contributed by atoms with Gasteiger partial charge in [0.1, 0.15) is 0 Å². The molecule has 2 nitrogen and oxygen atoms in total. The van der Waals surface area contributed by atoms with E-state index in [1.807, 2.05) is 0 Å². The van der Waals surface area contributed by atoms with Crippen LogP contribution >= 0.6 is 11.8 Å². The molecule has 7 fully saturated rings. The van der Waals surface area contributed by atoms with Crippen molar-refractivity contribution in [3.8, 4) is 0 Å². The molecule has 0 amide bonds. The van der Waals surface area contributed by atoms with Gasteiger partial charge in [-0.15, -0.1) is 0 Å². The summed E-state index contributed by atoms with van der Waals surface area (Å²) in [6.45, 7) is 4.11. The lowest BCUT2D eigenvalue weighted by atomic mass is 9.51. The Hall–Kier alpha value is 0.270. The van der Waals surface area contributed by atoms with Gasteiger partial charge in [-0.1, -0.05) is 39.0 Å². The van der Waals surface area contributed by atoms with Crippen molar-refractivity contribution in [1.82, 2.24) is 9.80 Å². The predicted molar refractivity (Wildman–Crippen MR) is 127 cm³/mol. The molecule has 0 radical (unpaired) electrons. The van der Waals surface area contributed by atoms with Gasteiger partial charge in [-0.05, 0) is 94.0 Å². The summed E-state index contributed by atoms with van der Waals surface area (Å²) < 4.78 is 0. The number of hydrogen-bond acceptors (Lipinski definition) is 3. The normalized spacial score (nSPS) is 58.2. The van der Waals surface area contributed by atoms with E-state index in [2.05, 4.69) is 35.5 Å². The van der Waals surface area contributed by atoms with E-state index in [0.29, 0.717) is 0 Å². The molecule has 0 bridgehead atoms. The Balaban J connectivity index is 1.34. The first kappa shape index (κ1) is 19.7. The molecule has 3 heteroatoms. The van der Waals surface area contributed by atoms with Gasteiger partial charge in [0.25, 0.3) is 0 Å². The maximum absolute atomic E-state index is 3.34. The molecule has 4 saturated carbocycles. The van der Waals surface area contributed by atoms with E-state index in [4.69, 9.17) is 0 Å². The topological polar surface area (TPSA) is 6.48 Å². The van der Waals surface area contributed by atoms with Crippen molar-refractivity contribution in [2.45, 2.75) is 119 Å². The molecule has 12 unspecified atom stereocenters. The average molecular weight is 429 g/mol. The number of hydrogen-bond donors (Lipinski definition) is 0. The molecule has 3 heterocycles. The predicted octanol–water partition coefficient (Wildman–Crippen LogP) is 5.66. The lowest BCUT2D eigenvalue weighted by Gasteiger charge is -2.71. The van der Waals surface area contributed by atoms with Gasteiger partial charge in [0, 0.05) is 34.7 Å². The number of piperidine rings is 2. The highest BCUT2D eigenvalue weighted by Gasteiger charge is 2.64. The van der Waals surface area contributed by atoms with Crippen LogP contribution in [0.15, 0.2) is 0 Å². The van der Waals surface area contributed by atoms with Crippen LogP contribution in [0.25, 0.3) is 0 Å². The maximum Gasteiger partial charge on any atom is 0.0267 e. The highest BCUT2D eigenvalue weighted by Crippen LogP contribution is 2.61. The average Bonchev–Trinajstić information content (AvgIpc) is 2.78. The summed E-state index contributed by atoms with van der Waals surface area (Å²) in [4.78, 5) is 6.24. The van der Waals surface area contributed by atoms with Crippen LogP contribution in [0.2, 0.25) is 0 Å². The van der Waals surface area contributed by atoms with Crippen molar-refractivity contribution >= 4 is 11.8 Å². The van der Waals surface area contributed by atoms with Crippen molar-refractivity contribution < 1.29 is 0 Å². The van der Waals surface area contributed by atoms with Gasteiger partial charge in [0.2, 0.25) is 0 Å². The Morgan fingerprint density at radius 2 is 1.53 bits per heavy atom. The SMILES string of the molecule is CC1C2CCCCC2CC2C1C1C3C(CCC4SC5CCCCC5N2C43)CCN1C. The van der Waals surface area contributed by atoms with Gasteiger partial charge < -0.3 is 4.90 Å². The summed E-state index contributed by atoms with van der Waals surface area (Å²) in [5.74, 6) is 6.04. The Kier molecular flexibility index (Phi) is 4.85. The molecule has 30 heavy (non-hydrogen) atoms. The minimum atomic E-state index is 0.899. The summed E-state index contributed by atoms with van der Waals surface area (Å²) in [5, 5.41) is 1.93. The van der Waals surface area contributed by atoms with Gasteiger partial charge >= 0.3 is 0 Å². The summed E-state index contributed by atoms with van der Waals surface area (Å²) in [7, 11) is 2.52. The van der Waals surface area contributed by atoms with E-state index >= 15 is 0 Å². The van der Waals surface area contributed by atoms with Gasteiger partial charge in [-0.25, -0.2) is 0 Å². The van der Waals surface area contributed by atoms with E-state index < -0.39 is 0 Å².